The zero-order chi connectivity index (χ0) is 13.7. The van der Waals surface area contributed by atoms with Gasteiger partial charge in [-0.3, -0.25) is 10.1 Å². The SMILES string of the molecule is COc1ccc(/C=C/C(=O)Nc2nccs2)cc1F. The molecule has 6 heteroatoms. The number of aromatic nitrogens is 1. The first-order valence-corrected chi connectivity index (χ1v) is 6.29. The Morgan fingerprint density at radius 2 is 2.37 bits per heavy atom. The quantitative estimate of drug-likeness (QED) is 0.875. The highest BCUT2D eigenvalue weighted by molar-refractivity contribution is 7.13. The highest BCUT2D eigenvalue weighted by Crippen LogP contribution is 2.18. The van der Waals surface area contributed by atoms with Gasteiger partial charge in [-0.2, -0.15) is 0 Å². The molecule has 0 aliphatic rings. The molecule has 19 heavy (non-hydrogen) atoms. The van der Waals surface area contributed by atoms with Gasteiger partial charge in [-0.25, -0.2) is 9.37 Å². The molecule has 98 valence electrons. The number of halogens is 1. The lowest BCUT2D eigenvalue weighted by molar-refractivity contribution is -0.111. The third-order valence-corrected chi connectivity index (χ3v) is 2.95. The van der Waals surface area contributed by atoms with Crippen LogP contribution in [-0.2, 0) is 4.79 Å². The summed E-state index contributed by atoms with van der Waals surface area (Å²) in [5.41, 5.74) is 0.576. The molecule has 1 amide bonds. The lowest BCUT2D eigenvalue weighted by Gasteiger charge is -2.01. The second-order valence-corrected chi connectivity index (χ2v) is 4.45. The van der Waals surface area contributed by atoms with E-state index in [1.807, 2.05) is 0 Å². The van der Waals surface area contributed by atoms with Gasteiger partial charge in [0.05, 0.1) is 7.11 Å². The molecule has 1 N–H and O–H groups in total. The Labute approximate surface area is 113 Å². The minimum absolute atomic E-state index is 0.171. The fourth-order valence-corrected chi connectivity index (χ4v) is 1.92. The van der Waals surface area contributed by atoms with E-state index in [9.17, 15) is 9.18 Å². The fraction of sp³-hybridized carbons (Fsp3) is 0.0769. The van der Waals surface area contributed by atoms with Gasteiger partial charge in [0, 0.05) is 17.7 Å². The predicted molar refractivity (Wildman–Crippen MR) is 72.7 cm³/mol. The first kappa shape index (κ1) is 13.2. The van der Waals surface area contributed by atoms with Crippen LogP contribution in [-0.4, -0.2) is 18.0 Å². The molecule has 0 saturated carbocycles. The summed E-state index contributed by atoms with van der Waals surface area (Å²) in [7, 11) is 1.40. The molecular formula is C13H11FN2O2S. The van der Waals surface area contributed by atoms with E-state index in [4.69, 9.17) is 4.74 Å². The third-order valence-electron chi connectivity index (χ3n) is 2.27. The first-order chi connectivity index (χ1) is 9.19. The first-order valence-electron chi connectivity index (χ1n) is 5.41. The summed E-state index contributed by atoms with van der Waals surface area (Å²) >= 11 is 1.33. The second kappa shape index (κ2) is 6.10. The van der Waals surface area contributed by atoms with Gasteiger partial charge in [-0.15, -0.1) is 11.3 Å². The van der Waals surface area contributed by atoms with Crippen LogP contribution in [0.4, 0.5) is 9.52 Å². The number of nitrogens with one attached hydrogen (secondary N) is 1. The van der Waals surface area contributed by atoms with E-state index in [-0.39, 0.29) is 11.7 Å². The van der Waals surface area contributed by atoms with Crippen molar-refractivity contribution in [3.8, 4) is 5.75 Å². The summed E-state index contributed by atoms with van der Waals surface area (Å²) in [4.78, 5) is 15.5. The third kappa shape index (κ3) is 3.62. The Kier molecular flexibility index (Phi) is 4.25. The van der Waals surface area contributed by atoms with Crippen molar-refractivity contribution in [2.75, 3.05) is 12.4 Å². The molecule has 1 heterocycles. The molecule has 0 aliphatic heterocycles. The zero-order valence-electron chi connectivity index (χ0n) is 10.1. The normalized spacial score (nSPS) is 10.6. The van der Waals surface area contributed by atoms with Crippen molar-refractivity contribution >= 4 is 28.5 Å². The van der Waals surface area contributed by atoms with Gasteiger partial charge >= 0.3 is 0 Å². The molecule has 1 aromatic heterocycles. The lowest BCUT2D eigenvalue weighted by Crippen LogP contribution is -2.07. The van der Waals surface area contributed by atoms with Gasteiger partial charge in [0.1, 0.15) is 0 Å². The minimum atomic E-state index is -0.468. The molecule has 0 aliphatic carbocycles. The number of anilines is 1. The summed E-state index contributed by atoms with van der Waals surface area (Å²) in [6.45, 7) is 0. The van der Waals surface area contributed by atoms with Crippen molar-refractivity contribution in [3.63, 3.8) is 0 Å². The topological polar surface area (TPSA) is 51.2 Å². The van der Waals surface area contributed by atoms with Gasteiger partial charge in [-0.05, 0) is 23.8 Å². The van der Waals surface area contributed by atoms with Crippen LogP contribution in [0, 0.1) is 5.82 Å². The van der Waals surface area contributed by atoms with E-state index in [0.29, 0.717) is 10.7 Å². The van der Waals surface area contributed by atoms with Crippen molar-refractivity contribution in [1.82, 2.24) is 4.98 Å². The number of methoxy groups -OCH3 is 1. The number of nitrogens with zero attached hydrogens (tertiary/aromatic N) is 1. The lowest BCUT2D eigenvalue weighted by atomic mass is 10.2. The Morgan fingerprint density at radius 1 is 1.53 bits per heavy atom. The number of rotatable bonds is 4. The monoisotopic (exact) mass is 278 g/mol. The number of hydrogen-bond acceptors (Lipinski definition) is 4. The number of thiazole rings is 1. The molecule has 0 bridgehead atoms. The fourth-order valence-electron chi connectivity index (χ4n) is 1.39. The Balaban J connectivity index is 2.02. The van der Waals surface area contributed by atoms with Crippen LogP contribution in [0.1, 0.15) is 5.56 Å². The second-order valence-electron chi connectivity index (χ2n) is 3.55. The van der Waals surface area contributed by atoms with Crippen LogP contribution in [0.25, 0.3) is 6.08 Å². The Hall–Kier alpha value is -2.21. The van der Waals surface area contributed by atoms with E-state index >= 15 is 0 Å². The van der Waals surface area contributed by atoms with Gasteiger partial charge < -0.3 is 4.74 Å². The van der Waals surface area contributed by atoms with E-state index in [1.54, 1.807) is 17.6 Å². The molecule has 0 saturated heterocycles. The van der Waals surface area contributed by atoms with Crippen molar-refractivity contribution in [3.05, 3.63) is 47.2 Å². The average molecular weight is 278 g/mol. The van der Waals surface area contributed by atoms with Crippen LogP contribution in [0.3, 0.4) is 0 Å². The molecule has 0 spiro atoms. The van der Waals surface area contributed by atoms with Crippen LogP contribution >= 0.6 is 11.3 Å². The standard InChI is InChI=1S/C13H11FN2O2S/c1-18-11-4-2-9(8-10(11)14)3-5-12(17)16-13-15-6-7-19-13/h2-8H,1H3,(H,15,16,17)/b5-3+. The predicted octanol–water partition coefficient (Wildman–Crippen LogP) is 2.94. The van der Waals surface area contributed by atoms with E-state index < -0.39 is 5.82 Å². The molecule has 1 aromatic carbocycles. The molecule has 0 unspecified atom stereocenters. The van der Waals surface area contributed by atoms with E-state index in [1.165, 1.54) is 42.7 Å². The van der Waals surface area contributed by atoms with Crippen molar-refractivity contribution in [2.24, 2.45) is 0 Å². The molecule has 0 fully saturated rings. The maximum absolute atomic E-state index is 13.4. The molecule has 4 nitrogen and oxygen atoms in total. The summed E-state index contributed by atoms with van der Waals surface area (Å²) in [5, 5.41) is 4.88. The average Bonchev–Trinajstić information content (AvgIpc) is 2.89. The number of amides is 1. The number of hydrogen-bond donors (Lipinski definition) is 1. The summed E-state index contributed by atoms with van der Waals surface area (Å²) in [6, 6.07) is 4.47. The molecule has 0 radical (unpaired) electrons. The number of carbonyl (C=O) groups excluding carboxylic acids is 1. The largest absolute Gasteiger partial charge is 0.494 e. The molecule has 2 rings (SSSR count). The van der Waals surface area contributed by atoms with Crippen LogP contribution in [0.2, 0.25) is 0 Å². The number of carbonyl (C=O) groups is 1. The van der Waals surface area contributed by atoms with Crippen LogP contribution in [0.5, 0.6) is 5.75 Å². The molecule has 0 atom stereocenters. The highest BCUT2D eigenvalue weighted by atomic mass is 32.1. The number of ether oxygens (including phenoxy) is 1. The highest BCUT2D eigenvalue weighted by Gasteiger charge is 2.02. The van der Waals surface area contributed by atoms with Crippen LogP contribution in [0.15, 0.2) is 35.9 Å². The zero-order valence-corrected chi connectivity index (χ0v) is 10.9. The van der Waals surface area contributed by atoms with Gasteiger partial charge in [0.2, 0.25) is 5.91 Å². The van der Waals surface area contributed by atoms with Gasteiger partial charge in [-0.1, -0.05) is 6.07 Å². The van der Waals surface area contributed by atoms with Gasteiger partial charge in [0.25, 0.3) is 0 Å². The summed E-state index contributed by atoms with van der Waals surface area (Å²) in [5.74, 6) is -0.611. The van der Waals surface area contributed by atoms with E-state index in [2.05, 4.69) is 10.3 Å². The Morgan fingerprint density at radius 3 is 3.00 bits per heavy atom. The van der Waals surface area contributed by atoms with Gasteiger partial charge in [0.15, 0.2) is 16.7 Å². The molecular weight excluding hydrogens is 267 g/mol. The van der Waals surface area contributed by atoms with Crippen molar-refractivity contribution in [1.29, 1.82) is 0 Å². The smallest absolute Gasteiger partial charge is 0.250 e. The Bertz CT molecular complexity index is 597. The molecule has 2 aromatic rings. The van der Waals surface area contributed by atoms with Crippen molar-refractivity contribution in [2.45, 2.75) is 0 Å². The summed E-state index contributed by atoms with van der Waals surface area (Å²) in [6.07, 6.45) is 4.44. The van der Waals surface area contributed by atoms with E-state index in [0.717, 1.165) is 0 Å². The number of benzene rings is 1. The maximum atomic E-state index is 13.4. The minimum Gasteiger partial charge on any atom is -0.494 e. The summed E-state index contributed by atoms with van der Waals surface area (Å²) < 4.78 is 18.2. The van der Waals surface area contributed by atoms with Crippen molar-refractivity contribution < 1.29 is 13.9 Å². The van der Waals surface area contributed by atoms with Crippen LogP contribution < -0.4 is 10.1 Å². The maximum Gasteiger partial charge on any atom is 0.250 e.